The first-order valence-electron chi connectivity index (χ1n) is 5.72. The zero-order valence-corrected chi connectivity index (χ0v) is 9.19. The first kappa shape index (κ1) is 9.57. The zero-order chi connectivity index (χ0) is 9.97. The van der Waals surface area contributed by atoms with Gasteiger partial charge in [-0.1, -0.05) is 13.0 Å². The number of fused-ring (bicyclic) bond motifs is 1. The fraction of sp³-hybridized carbons (Fsp3) is 0.538. The lowest BCUT2D eigenvalue weighted by molar-refractivity contribution is 0.673. The first-order valence-corrected chi connectivity index (χ1v) is 5.72. The molecule has 0 atom stereocenters. The van der Waals surface area contributed by atoms with Crippen LogP contribution in [0.3, 0.4) is 0 Å². The molecule has 2 rings (SSSR count). The summed E-state index contributed by atoms with van der Waals surface area (Å²) >= 11 is 0. The molecule has 1 aromatic rings. The van der Waals surface area contributed by atoms with E-state index in [9.17, 15) is 0 Å². The Bertz CT molecular complexity index is 344. The third-order valence-corrected chi connectivity index (χ3v) is 3.13. The number of allylic oxidation sites excluding steroid dienone is 1. The third-order valence-electron chi connectivity index (χ3n) is 3.13. The average molecular weight is 189 g/mol. The minimum atomic E-state index is 1.16. The molecule has 0 unspecified atom stereocenters. The molecule has 1 heteroatoms. The number of hydrogen-bond acceptors (Lipinski definition) is 0. The molecule has 1 nitrogen and oxygen atoms in total. The smallest absolute Gasteiger partial charge is 0.0414 e. The summed E-state index contributed by atoms with van der Waals surface area (Å²) in [5.74, 6) is 0. The van der Waals surface area contributed by atoms with Crippen molar-refractivity contribution < 1.29 is 0 Å². The Balaban J connectivity index is 2.46. The fourth-order valence-electron chi connectivity index (χ4n) is 2.49. The lowest BCUT2D eigenvalue weighted by Crippen LogP contribution is -2.01. The number of aromatic amines is 1. The topological polar surface area (TPSA) is 15.8 Å². The molecule has 0 saturated carbocycles. The van der Waals surface area contributed by atoms with E-state index in [4.69, 9.17) is 0 Å². The second-order valence-electron chi connectivity index (χ2n) is 4.03. The number of H-pyrrole nitrogens is 1. The first-order chi connectivity index (χ1) is 6.86. The molecule has 1 aromatic heterocycles. The average Bonchev–Trinajstić information content (AvgIpc) is 2.55. The minimum absolute atomic E-state index is 1.16. The summed E-state index contributed by atoms with van der Waals surface area (Å²) in [5, 5.41) is 0. The van der Waals surface area contributed by atoms with Crippen LogP contribution in [0, 0.1) is 0 Å². The lowest BCUT2D eigenvalue weighted by Gasteiger charge is -2.11. The van der Waals surface area contributed by atoms with Crippen molar-refractivity contribution in [1.82, 2.24) is 4.98 Å². The summed E-state index contributed by atoms with van der Waals surface area (Å²) in [6.07, 6.45) is 10.7. The normalized spacial score (nSPS) is 16.1. The third kappa shape index (κ3) is 1.52. The van der Waals surface area contributed by atoms with E-state index in [0.29, 0.717) is 0 Å². The highest BCUT2D eigenvalue weighted by molar-refractivity contribution is 5.55. The van der Waals surface area contributed by atoms with Gasteiger partial charge in [0.1, 0.15) is 0 Å². The van der Waals surface area contributed by atoms with E-state index in [1.165, 1.54) is 37.1 Å². The molecular weight excluding hydrogens is 170 g/mol. The van der Waals surface area contributed by atoms with Gasteiger partial charge >= 0.3 is 0 Å². The molecule has 0 bridgehead atoms. The Labute approximate surface area is 86.2 Å². The van der Waals surface area contributed by atoms with Crippen molar-refractivity contribution in [1.29, 1.82) is 0 Å². The van der Waals surface area contributed by atoms with E-state index >= 15 is 0 Å². The molecule has 0 fully saturated rings. The Morgan fingerprint density at radius 2 is 2.07 bits per heavy atom. The SMILES string of the molecule is C/C=C\c1[nH]c2c(c1CC)CCCC2. The lowest BCUT2D eigenvalue weighted by atomic mass is 9.93. The molecule has 1 heterocycles. The number of nitrogens with one attached hydrogen (secondary N) is 1. The van der Waals surface area contributed by atoms with Gasteiger partial charge in [-0.3, -0.25) is 0 Å². The number of aromatic nitrogens is 1. The Hall–Kier alpha value is -0.980. The molecule has 0 aromatic carbocycles. The van der Waals surface area contributed by atoms with E-state index in [-0.39, 0.29) is 0 Å². The molecule has 14 heavy (non-hydrogen) atoms. The van der Waals surface area contributed by atoms with E-state index in [0.717, 1.165) is 6.42 Å². The maximum atomic E-state index is 3.57. The van der Waals surface area contributed by atoms with Crippen LogP contribution in [-0.4, -0.2) is 4.98 Å². The minimum Gasteiger partial charge on any atom is -0.358 e. The van der Waals surface area contributed by atoms with Crippen LogP contribution in [0.1, 0.15) is 49.2 Å². The Kier molecular flexibility index (Phi) is 2.76. The number of aryl methyl sites for hydroxylation is 1. The molecular formula is C13H19N. The van der Waals surface area contributed by atoms with Gasteiger partial charge in [-0.25, -0.2) is 0 Å². The van der Waals surface area contributed by atoms with Crippen LogP contribution in [0.15, 0.2) is 6.08 Å². The highest BCUT2D eigenvalue weighted by atomic mass is 14.7. The van der Waals surface area contributed by atoms with Crippen LogP contribution in [0.4, 0.5) is 0 Å². The second-order valence-corrected chi connectivity index (χ2v) is 4.03. The predicted molar refractivity (Wildman–Crippen MR) is 61.5 cm³/mol. The van der Waals surface area contributed by atoms with Crippen molar-refractivity contribution in [3.8, 4) is 0 Å². The van der Waals surface area contributed by atoms with Crippen molar-refractivity contribution in [2.24, 2.45) is 0 Å². The molecule has 1 N–H and O–H groups in total. The largest absolute Gasteiger partial charge is 0.358 e. The molecule has 1 aliphatic carbocycles. The summed E-state index contributed by atoms with van der Waals surface area (Å²) in [6, 6.07) is 0. The highest BCUT2D eigenvalue weighted by Crippen LogP contribution is 2.27. The van der Waals surface area contributed by atoms with Crippen LogP contribution < -0.4 is 0 Å². The van der Waals surface area contributed by atoms with E-state index in [2.05, 4.69) is 31.0 Å². The second kappa shape index (κ2) is 4.04. The molecule has 1 aliphatic rings. The van der Waals surface area contributed by atoms with Crippen LogP contribution in [-0.2, 0) is 19.3 Å². The van der Waals surface area contributed by atoms with E-state index in [1.54, 1.807) is 11.1 Å². The monoisotopic (exact) mass is 189 g/mol. The van der Waals surface area contributed by atoms with Crippen LogP contribution in [0.5, 0.6) is 0 Å². The van der Waals surface area contributed by atoms with Crippen molar-refractivity contribution in [3.05, 3.63) is 28.6 Å². The van der Waals surface area contributed by atoms with Crippen LogP contribution in [0.2, 0.25) is 0 Å². The Morgan fingerprint density at radius 1 is 1.29 bits per heavy atom. The summed E-state index contributed by atoms with van der Waals surface area (Å²) in [6.45, 7) is 4.34. The summed E-state index contributed by atoms with van der Waals surface area (Å²) in [7, 11) is 0. The van der Waals surface area contributed by atoms with Crippen molar-refractivity contribution in [2.45, 2.75) is 46.0 Å². The highest BCUT2D eigenvalue weighted by Gasteiger charge is 2.17. The Morgan fingerprint density at radius 3 is 2.79 bits per heavy atom. The van der Waals surface area contributed by atoms with Gasteiger partial charge in [-0.2, -0.15) is 0 Å². The quantitative estimate of drug-likeness (QED) is 0.733. The van der Waals surface area contributed by atoms with Crippen molar-refractivity contribution in [2.75, 3.05) is 0 Å². The predicted octanol–water partition coefficient (Wildman–Crippen LogP) is 3.49. The van der Waals surface area contributed by atoms with Crippen molar-refractivity contribution in [3.63, 3.8) is 0 Å². The number of hydrogen-bond donors (Lipinski definition) is 1. The molecule has 0 aliphatic heterocycles. The van der Waals surface area contributed by atoms with Crippen LogP contribution >= 0.6 is 0 Å². The van der Waals surface area contributed by atoms with Gasteiger partial charge in [0, 0.05) is 11.4 Å². The van der Waals surface area contributed by atoms with Gasteiger partial charge in [0.2, 0.25) is 0 Å². The molecule has 0 saturated heterocycles. The number of rotatable bonds is 2. The standard InChI is InChI=1S/C13H19N/c1-3-7-12-10(4-2)11-8-5-6-9-13(11)14-12/h3,7,14H,4-6,8-9H2,1-2H3/b7-3-. The van der Waals surface area contributed by atoms with Crippen molar-refractivity contribution >= 4 is 6.08 Å². The summed E-state index contributed by atoms with van der Waals surface area (Å²) in [4.78, 5) is 3.57. The van der Waals surface area contributed by atoms with Gasteiger partial charge in [0.15, 0.2) is 0 Å². The molecule has 0 radical (unpaired) electrons. The maximum Gasteiger partial charge on any atom is 0.0414 e. The van der Waals surface area contributed by atoms with E-state index < -0.39 is 0 Å². The molecule has 0 amide bonds. The van der Waals surface area contributed by atoms with Gasteiger partial charge in [0.25, 0.3) is 0 Å². The van der Waals surface area contributed by atoms with Gasteiger partial charge < -0.3 is 4.98 Å². The molecule has 0 spiro atoms. The summed E-state index contributed by atoms with van der Waals surface area (Å²) < 4.78 is 0. The van der Waals surface area contributed by atoms with E-state index in [1.807, 2.05) is 0 Å². The van der Waals surface area contributed by atoms with Gasteiger partial charge in [0.05, 0.1) is 0 Å². The summed E-state index contributed by atoms with van der Waals surface area (Å²) in [5.41, 5.74) is 6.02. The van der Waals surface area contributed by atoms with Crippen LogP contribution in [0.25, 0.3) is 6.08 Å². The van der Waals surface area contributed by atoms with Gasteiger partial charge in [-0.05, 0) is 56.2 Å². The van der Waals surface area contributed by atoms with Gasteiger partial charge in [-0.15, -0.1) is 0 Å². The fourth-order valence-corrected chi connectivity index (χ4v) is 2.49. The zero-order valence-electron chi connectivity index (χ0n) is 9.19. The molecule has 76 valence electrons. The maximum absolute atomic E-state index is 3.57.